The molecule has 1 saturated heterocycles. The molecule has 0 saturated carbocycles. The molecule has 1 aliphatic heterocycles. The minimum Gasteiger partial charge on any atom is -0.489 e. The summed E-state index contributed by atoms with van der Waals surface area (Å²) in [7, 11) is 0. The maximum Gasteiger partial charge on any atom is 0.419 e. The van der Waals surface area contributed by atoms with Crippen LogP contribution < -0.4 is 4.74 Å². The number of hydrogen-bond donors (Lipinski definition) is 0. The van der Waals surface area contributed by atoms with E-state index >= 15 is 0 Å². The van der Waals surface area contributed by atoms with Gasteiger partial charge in [-0.1, -0.05) is 13.8 Å². The molecule has 1 aliphatic rings. The summed E-state index contributed by atoms with van der Waals surface area (Å²) in [5.41, 5.74) is 0.750. The monoisotopic (exact) mass is 458 g/mol. The van der Waals surface area contributed by atoms with Crippen LogP contribution in [-0.2, 0) is 9.47 Å². The third kappa shape index (κ3) is 6.42. The van der Waals surface area contributed by atoms with Crippen molar-refractivity contribution < 1.29 is 23.8 Å². The maximum atomic E-state index is 12.8. The van der Waals surface area contributed by atoms with Gasteiger partial charge < -0.3 is 19.1 Å². The SMILES string of the molecule is CC(C)c1cn(C(=O)OC(C)(C)C)c2ccc(O[C@H]3CCCN(C(=O)OC(C)(C)C)C3)cc12. The van der Waals surface area contributed by atoms with E-state index in [9.17, 15) is 9.59 Å². The number of piperidine rings is 1. The van der Waals surface area contributed by atoms with E-state index in [2.05, 4.69) is 13.8 Å². The second-order valence-corrected chi connectivity index (χ2v) is 11.1. The molecule has 0 N–H and O–H groups in total. The van der Waals surface area contributed by atoms with Crippen LogP contribution in [0.3, 0.4) is 0 Å². The molecule has 1 aromatic carbocycles. The number of aromatic nitrogens is 1. The average molecular weight is 459 g/mol. The zero-order valence-corrected chi connectivity index (χ0v) is 21.2. The van der Waals surface area contributed by atoms with Crippen LogP contribution in [0.5, 0.6) is 5.75 Å². The molecule has 0 aliphatic carbocycles. The summed E-state index contributed by atoms with van der Waals surface area (Å²) in [5, 5.41) is 0.966. The van der Waals surface area contributed by atoms with Gasteiger partial charge in [-0.05, 0) is 84.1 Å². The largest absolute Gasteiger partial charge is 0.489 e. The predicted molar refractivity (Wildman–Crippen MR) is 129 cm³/mol. The van der Waals surface area contributed by atoms with E-state index in [1.54, 1.807) is 9.47 Å². The van der Waals surface area contributed by atoms with E-state index in [0.717, 1.165) is 35.1 Å². The highest BCUT2D eigenvalue weighted by atomic mass is 16.6. The topological polar surface area (TPSA) is 70.0 Å². The number of likely N-dealkylation sites (tertiary alicyclic amines) is 1. The van der Waals surface area contributed by atoms with Crippen molar-refractivity contribution in [1.82, 2.24) is 9.47 Å². The molecule has 1 fully saturated rings. The fraction of sp³-hybridized carbons (Fsp3) is 0.615. The summed E-state index contributed by atoms with van der Waals surface area (Å²) in [4.78, 5) is 27.0. The number of benzene rings is 1. The zero-order valence-electron chi connectivity index (χ0n) is 21.2. The number of hydrogen-bond acceptors (Lipinski definition) is 5. The lowest BCUT2D eigenvalue weighted by Crippen LogP contribution is -2.46. The predicted octanol–water partition coefficient (Wildman–Crippen LogP) is 6.33. The maximum absolute atomic E-state index is 12.8. The molecule has 7 nitrogen and oxygen atoms in total. The second-order valence-electron chi connectivity index (χ2n) is 11.1. The number of rotatable bonds is 3. The van der Waals surface area contributed by atoms with E-state index in [0.29, 0.717) is 13.1 Å². The average Bonchev–Trinajstić information content (AvgIpc) is 3.05. The summed E-state index contributed by atoms with van der Waals surface area (Å²) in [6.45, 7) is 16.5. The van der Waals surface area contributed by atoms with Gasteiger partial charge in [0.25, 0.3) is 0 Å². The quantitative estimate of drug-likeness (QED) is 0.538. The van der Waals surface area contributed by atoms with Crippen LogP contribution in [0.1, 0.15) is 79.7 Å². The van der Waals surface area contributed by atoms with Gasteiger partial charge in [-0.15, -0.1) is 0 Å². The molecule has 33 heavy (non-hydrogen) atoms. The first-order valence-electron chi connectivity index (χ1n) is 11.8. The highest BCUT2D eigenvalue weighted by molar-refractivity contribution is 5.93. The molecular weight excluding hydrogens is 420 g/mol. The third-order valence-electron chi connectivity index (χ3n) is 5.35. The number of fused-ring (bicyclic) bond motifs is 1. The molecule has 2 heterocycles. The summed E-state index contributed by atoms with van der Waals surface area (Å²) >= 11 is 0. The Morgan fingerprint density at radius 3 is 2.24 bits per heavy atom. The van der Waals surface area contributed by atoms with Crippen molar-refractivity contribution in [3.05, 3.63) is 30.0 Å². The minimum absolute atomic E-state index is 0.112. The van der Waals surface area contributed by atoms with Crippen LogP contribution in [-0.4, -0.2) is 52.0 Å². The molecule has 0 spiro atoms. The van der Waals surface area contributed by atoms with Crippen LogP contribution in [0, 0.1) is 0 Å². The van der Waals surface area contributed by atoms with Gasteiger partial charge >= 0.3 is 12.2 Å². The standard InChI is InChI=1S/C26H38N2O5/c1-17(2)21-16-28(24(30)33-26(6,7)8)22-12-11-18(14-20(21)22)31-19-10-9-13-27(15-19)23(29)32-25(3,4)5/h11-12,14,16-17,19H,9-10,13,15H2,1-8H3/t19-/m0/s1. The molecule has 0 radical (unpaired) electrons. The number of carbonyl (C=O) groups excluding carboxylic acids is 2. The number of carbonyl (C=O) groups is 2. The van der Waals surface area contributed by atoms with Gasteiger partial charge in [0, 0.05) is 18.1 Å². The molecule has 7 heteroatoms. The van der Waals surface area contributed by atoms with Crippen molar-refractivity contribution in [2.75, 3.05) is 13.1 Å². The van der Waals surface area contributed by atoms with Gasteiger partial charge in [-0.3, -0.25) is 4.57 Å². The van der Waals surface area contributed by atoms with Gasteiger partial charge in [0.05, 0.1) is 12.1 Å². The number of amides is 1. The summed E-state index contributed by atoms with van der Waals surface area (Å²) < 4.78 is 19.0. The molecule has 0 bridgehead atoms. The first kappa shape index (κ1) is 24.9. The third-order valence-corrected chi connectivity index (χ3v) is 5.35. The second kappa shape index (κ2) is 9.27. The Hall–Kier alpha value is -2.70. The smallest absolute Gasteiger partial charge is 0.419 e. The normalized spacial score (nSPS) is 17.4. The van der Waals surface area contributed by atoms with Crippen LogP contribution in [0.15, 0.2) is 24.4 Å². The molecular formula is C26H38N2O5. The van der Waals surface area contributed by atoms with Gasteiger partial charge in [0.2, 0.25) is 0 Å². The molecule has 2 aromatic rings. The van der Waals surface area contributed by atoms with E-state index < -0.39 is 17.3 Å². The van der Waals surface area contributed by atoms with E-state index in [1.165, 1.54) is 0 Å². The summed E-state index contributed by atoms with van der Waals surface area (Å²) in [6, 6.07) is 5.76. The first-order valence-corrected chi connectivity index (χ1v) is 11.8. The minimum atomic E-state index is -0.574. The molecule has 0 unspecified atom stereocenters. The van der Waals surface area contributed by atoms with Crippen molar-refractivity contribution in [3.8, 4) is 5.75 Å². The van der Waals surface area contributed by atoms with Crippen LogP contribution >= 0.6 is 0 Å². The van der Waals surface area contributed by atoms with Crippen molar-refractivity contribution in [2.24, 2.45) is 0 Å². The Balaban J connectivity index is 1.81. The van der Waals surface area contributed by atoms with Crippen LogP contribution in [0.4, 0.5) is 9.59 Å². The lowest BCUT2D eigenvalue weighted by atomic mass is 10.0. The van der Waals surface area contributed by atoms with Crippen LogP contribution in [0.25, 0.3) is 10.9 Å². The Bertz CT molecular complexity index is 1010. The molecule has 182 valence electrons. The Labute approximate surface area is 197 Å². The van der Waals surface area contributed by atoms with Crippen molar-refractivity contribution >= 4 is 23.1 Å². The van der Waals surface area contributed by atoms with Gasteiger partial charge in [-0.25, -0.2) is 9.59 Å². The molecule has 3 rings (SSSR count). The fourth-order valence-electron chi connectivity index (χ4n) is 3.95. The van der Waals surface area contributed by atoms with Crippen LogP contribution in [0.2, 0.25) is 0 Å². The van der Waals surface area contributed by atoms with Gasteiger partial charge in [-0.2, -0.15) is 0 Å². The highest BCUT2D eigenvalue weighted by Gasteiger charge is 2.29. The molecule has 1 aromatic heterocycles. The lowest BCUT2D eigenvalue weighted by molar-refractivity contribution is 0.00776. The number of ether oxygens (including phenoxy) is 3. The Morgan fingerprint density at radius 1 is 1.00 bits per heavy atom. The van der Waals surface area contributed by atoms with E-state index in [-0.39, 0.29) is 18.1 Å². The van der Waals surface area contributed by atoms with Crippen molar-refractivity contribution in [2.45, 2.75) is 91.5 Å². The van der Waals surface area contributed by atoms with Gasteiger partial charge in [0.1, 0.15) is 23.1 Å². The summed E-state index contributed by atoms with van der Waals surface area (Å²) in [6.07, 6.45) is 2.78. The number of nitrogens with zero attached hydrogens (tertiary/aromatic N) is 2. The molecule has 1 atom stereocenters. The van der Waals surface area contributed by atoms with Gasteiger partial charge in [0.15, 0.2) is 0 Å². The lowest BCUT2D eigenvalue weighted by Gasteiger charge is -2.34. The first-order chi connectivity index (χ1) is 15.2. The van der Waals surface area contributed by atoms with E-state index in [4.69, 9.17) is 14.2 Å². The van der Waals surface area contributed by atoms with Crippen molar-refractivity contribution in [1.29, 1.82) is 0 Å². The molecule has 1 amide bonds. The Kier molecular flexibility index (Phi) is 7.01. The fourth-order valence-corrected chi connectivity index (χ4v) is 3.95. The van der Waals surface area contributed by atoms with E-state index in [1.807, 2.05) is 65.9 Å². The Morgan fingerprint density at radius 2 is 1.64 bits per heavy atom. The van der Waals surface area contributed by atoms with Crippen molar-refractivity contribution in [3.63, 3.8) is 0 Å². The summed E-state index contributed by atoms with van der Waals surface area (Å²) in [5.74, 6) is 0.950. The highest BCUT2D eigenvalue weighted by Crippen LogP contribution is 2.32. The zero-order chi connectivity index (χ0) is 24.6.